The third kappa shape index (κ3) is 3.30. The number of rotatable bonds is 3. The fourth-order valence-electron chi connectivity index (χ4n) is 2.10. The minimum atomic E-state index is -4.63. The van der Waals surface area contributed by atoms with Gasteiger partial charge in [-0.2, -0.15) is 26.7 Å². The van der Waals surface area contributed by atoms with Gasteiger partial charge in [0, 0.05) is 22.5 Å². The van der Waals surface area contributed by atoms with Crippen molar-refractivity contribution in [3.05, 3.63) is 51.9 Å². The lowest BCUT2D eigenvalue weighted by atomic mass is 10.1. The van der Waals surface area contributed by atoms with Gasteiger partial charge >= 0.3 is 6.18 Å². The molecule has 0 aliphatic rings. The molecule has 0 unspecified atom stereocenters. The first-order valence-corrected chi connectivity index (χ1v) is 7.24. The molecule has 0 fully saturated rings. The van der Waals surface area contributed by atoms with E-state index in [4.69, 9.17) is 5.73 Å². The molecule has 1 aromatic carbocycles. The predicted octanol–water partition coefficient (Wildman–Crippen LogP) is 3.67. The summed E-state index contributed by atoms with van der Waals surface area (Å²) < 4.78 is 50.9. The fourth-order valence-corrected chi connectivity index (χ4v) is 2.91. The molecule has 2 heterocycles. The lowest BCUT2D eigenvalue weighted by Gasteiger charge is -2.12. The first-order chi connectivity index (χ1) is 10.8. The molecule has 0 amide bonds. The molecule has 0 saturated carbocycles. The van der Waals surface area contributed by atoms with E-state index in [2.05, 4.69) is 9.97 Å². The van der Waals surface area contributed by atoms with Crippen LogP contribution in [0.2, 0.25) is 0 Å². The van der Waals surface area contributed by atoms with E-state index in [1.165, 1.54) is 24.4 Å². The average molecular weight is 377 g/mol. The van der Waals surface area contributed by atoms with E-state index < -0.39 is 29.5 Å². The second kappa shape index (κ2) is 6.54. The number of carbonyl (C=O) groups excluding carboxylic acids is 1. The first-order valence-electron chi connectivity index (χ1n) is 6.36. The van der Waals surface area contributed by atoms with Crippen molar-refractivity contribution in [3.63, 3.8) is 0 Å². The summed E-state index contributed by atoms with van der Waals surface area (Å²) in [5.41, 5.74) is 5.29. The topological polar surface area (TPSA) is 71.8 Å². The normalized spacial score (nSPS) is 12.9. The van der Waals surface area contributed by atoms with E-state index >= 15 is 0 Å². The highest BCUT2D eigenvalue weighted by Crippen LogP contribution is 2.32. The molecule has 128 valence electrons. The summed E-state index contributed by atoms with van der Waals surface area (Å²) in [7, 11) is 0. The van der Waals surface area contributed by atoms with Crippen molar-refractivity contribution in [2.75, 3.05) is 0 Å². The van der Waals surface area contributed by atoms with Crippen LogP contribution in [-0.4, -0.2) is 21.9 Å². The Balaban J connectivity index is 0.00000208. The number of ketones is 1. The number of aromatic amines is 1. The van der Waals surface area contributed by atoms with Gasteiger partial charge in [-0.25, -0.2) is 9.37 Å². The van der Waals surface area contributed by atoms with E-state index in [1.54, 1.807) is 0 Å². The lowest BCUT2D eigenvalue weighted by molar-refractivity contribution is -0.149. The molecule has 2 aromatic heterocycles. The highest BCUT2D eigenvalue weighted by Gasteiger charge is 2.39. The lowest BCUT2D eigenvalue weighted by Crippen LogP contribution is -2.28. The van der Waals surface area contributed by atoms with Crippen LogP contribution in [0.5, 0.6) is 0 Å². The summed E-state index contributed by atoms with van der Waals surface area (Å²) in [5.74, 6) is -1.01. The van der Waals surface area contributed by atoms with Crippen molar-refractivity contribution in [2.45, 2.75) is 12.2 Å². The molecule has 3 aromatic rings. The van der Waals surface area contributed by atoms with Gasteiger partial charge in [0.05, 0.1) is 11.3 Å². The summed E-state index contributed by atoms with van der Waals surface area (Å²) in [6.45, 7) is 0. The monoisotopic (exact) mass is 377 g/mol. The van der Waals surface area contributed by atoms with E-state index in [9.17, 15) is 22.4 Å². The minimum absolute atomic E-state index is 0. The maximum absolute atomic E-state index is 13.1. The molecule has 3 rings (SSSR count). The van der Waals surface area contributed by atoms with Gasteiger partial charge in [-0.05, 0) is 18.2 Å². The van der Waals surface area contributed by atoms with Crippen molar-refractivity contribution >= 4 is 41.5 Å². The first kappa shape index (κ1) is 18.4. The number of benzene rings is 1. The Hall–Kier alpha value is -1.91. The predicted molar refractivity (Wildman–Crippen MR) is 87.2 cm³/mol. The molecule has 10 heteroatoms. The summed E-state index contributed by atoms with van der Waals surface area (Å²) in [4.78, 5) is 18.8. The Kier molecular flexibility index (Phi) is 5.02. The number of halogens is 4. The van der Waals surface area contributed by atoms with E-state index in [0.717, 1.165) is 16.7 Å². The Labute approximate surface area is 144 Å². The standard InChI is InChI=1S/C14H9F4N3OS.H2S/c15-6-1-2-7-8(4-20-9(7)3-6)11(22)13-21-10(5-23-13)12(19)14(16,17)18;/h1-5,12,20H,19H2;1H2/t12-;/m0./s1. The average Bonchev–Trinajstić information content (AvgIpc) is 3.11. The molecule has 1 atom stereocenters. The van der Waals surface area contributed by atoms with Gasteiger partial charge in [-0.15, -0.1) is 11.3 Å². The van der Waals surface area contributed by atoms with Gasteiger partial charge in [0.1, 0.15) is 11.9 Å². The summed E-state index contributed by atoms with van der Waals surface area (Å²) in [6, 6.07) is 1.60. The number of alkyl halides is 3. The number of hydrogen-bond donors (Lipinski definition) is 2. The summed E-state index contributed by atoms with van der Waals surface area (Å²) in [5, 5.41) is 1.47. The highest BCUT2D eigenvalue weighted by molar-refractivity contribution is 7.59. The van der Waals surface area contributed by atoms with E-state index in [1.807, 2.05) is 0 Å². The summed E-state index contributed by atoms with van der Waals surface area (Å²) in [6.07, 6.45) is -3.26. The van der Waals surface area contributed by atoms with Crippen LogP contribution < -0.4 is 5.73 Å². The molecule has 0 aliphatic carbocycles. The zero-order chi connectivity index (χ0) is 16.8. The second-order valence-electron chi connectivity index (χ2n) is 4.82. The molecule has 0 radical (unpaired) electrons. The van der Waals surface area contributed by atoms with Crippen molar-refractivity contribution in [2.24, 2.45) is 5.73 Å². The van der Waals surface area contributed by atoms with Gasteiger partial charge in [0.2, 0.25) is 5.78 Å². The molecule has 4 nitrogen and oxygen atoms in total. The van der Waals surface area contributed by atoms with Crippen LogP contribution in [0.1, 0.15) is 27.1 Å². The fraction of sp³-hybridized carbons (Fsp3) is 0.143. The van der Waals surface area contributed by atoms with Gasteiger partial charge in [-0.3, -0.25) is 4.79 Å². The summed E-state index contributed by atoms with van der Waals surface area (Å²) >= 11 is 0.783. The van der Waals surface area contributed by atoms with Crippen LogP contribution in [0.3, 0.4) is 0 Å². The smallest absolute Gasteiger partial charge is 0.360 e. The van der Waals surface area contributed by atoms with Crippen LogP contribution >= 0.6 is 24.8 Å². The number of nitrogens with one attached hydrogen (secondary N) is 1. The number of carbonyl (C=O) groups is 1. The Bertz CT molecular complexity index is 888. The number of H-pyrrole nitrogens is 1. The number of fused-ring (bicyclic) bond motifs is 1. The van der Waals surface area contributed by atoms with Crippen LogP contribution in [0, 0.1) is 5.82 Å². The number of nitrogens with zero attached hydrogens (tertiary/aromatic N) is 1. The Morgan fingerprint density at radius 2 is 2.04 bits per heavy atom. The van der Waals surface area contributed by atoms with Crippen LogP contribution in [0.15, 0.2) is 29.8 Å². The largest absolute Gasteiger partial charge is 0.409 e. The van der Waals surface area contributed by atoms with Crippen molar-refractivity contribution in [1.29, 1.82) is 0 Å². The SMILES string of the molecule is N[C@@H](c1csc(C(=O)c2c[nH]c3cc(F)ccc23)n1)C(F)(F)F.S. The van der Waals surface area contributed by atoms with Gasteiger partial charge in [0.25, 0.3) is 0 Å². The number of aromatic nitrogens is 2. The van der Waals surface area contributed by atoms with Crippen molar-refractivity contribution in [1.82, 2.24) is 9.97 Å². The van der Waals surface area contributed by atoms with Crippen LogP contribution in [-0.2, 0) is 0 Å². The Morgan fingerprint density at radius 1 is 1.33 bits per heavy atom. The third-order valence-corrected chi connectivity index (χ3v) is 4.14. The number of thiazole rings is 1. The highest BCUT2D eigenvalue weighted by atomic mass is 32.1. The maximum atomic E-state index is 13.1. The molecule has 24 heavy (non-hydrogen) atoms. The van der Waals surface area contributed by atoms with Crippen molar-refractivity contribution in [3.8, 4) is 0 Å². The van der Waals surface area contributed by atoms with E-state index in [-0.39, 0.29) is 24.1 Å². The molecule has 0 bridgehead atoms. The zero-order valence-corrected chi connectivity index (χ0v) is 13.6. The number of hydrogen-bond acceptors (Lipinski definition) is 4. The molecule has 0 spiro atoms. The van der Waals surface area contributed by atoms with Crippen LogP contribution in [0.25, 0.3) is 10.9 Å². The number of nitrogens with two attached hydrogens (primary N) is 1. The van der Waals surface area contributed by atoms with Gasteiger partial charge < -0.3 is 10.7 Å². The molecule has 0 aliphatic heterocycles. The third-order valence-electron chi connectivity index (χ3n) is 3.28. The van der Waals surface area contributed by atoms with Gasteiger partial charge in [-0.1, -0.05) is 0 Å². The minimum Gasteiger partial charge on any atom is -0.360 e. The zero-order valence-electron chi connectivity index (χ0n) is 11.8. The Morgan fingerprint density at radius 3 is 2.71 bits per heavy atom. The van der Waals surface area contributed by atoms with Crippen molar-refractivity contribution < 1.29 is 22.4 Å². The molecule has 3 N–H and O–H groups in total. The molecular formula is C14H11F4N3OS2. The van der Waals surface area contributed by atoms with Crippen LogP contribution in [0.4, 0.5) is 17.6 Å². The van der Waals surface area contributed by atoms with Gasteiger partial charge in [0.15, 0.2) is 5.01 Å². The molecule has 0 saturated heterocycles. The maximum Gasteiger partial charge on any atom is 0.409 e. The second-order valence-corrected chi connectivity index (χ2v) is 5.68. The molecular weight excluding hydrogens is 366 g/mol. The quantitative estimate of drug-likeness (QED) is 0.540. The van der Waals surface area contributed by atoms with E-state index in [0.29, 0.717) is 10.9 Å².